The summed E-state index contributed by atoms with van der Waals surface area (Å²) in [5, 5.41) is 13.0. The van der Waals surface area contributed by atoms with Gasteiger partial charge < -0.3 is 20.1 Å². The summed E-state index contributed by atoms with van der Waals surface area (Å²) < 4.78 is 5.22. The Morgan fingerprint density at radius 3 is 2.81 bits per heavy atom. The molecule has 2 aliphatic rings. The molecule has 16 heavy (non-hydrogen) atoms. The molecule has 0 aromatic carbocycles. The number of hydrogen-bond donors (Lipinski definition) is 2. The first-order valence-electron chi connectivity index (χ1n) is 6.05. The molecule has 2 fully saturated rings. The van der Waals surface area contributed by atoms with E-state index in [1.165, 1.54) is 0 Å². The van der Waals surface area contributed by atoms with Crippen molar-refractivity contribution in [2.75, 3.05) is 53.5 Å². The molecule has 3 unspecified atom stereocenters. The molecule has 0 aliphatic carbocycles. The third-order valence-electron chi connectivity index (χ3n) is 3.65. The van der Waals surface area contributed by atoms with E-state index in [-0.39, 0.29) is 12.1 Å². The Bertz CT molecular complexity index is 227. The predicted octanol–water partition coefficient (Wildman–Crippen LogP) is -1.42. The van der Waals surface area contributed by atoms with Crippen molar-refractivity contribution >= 4 is 0 Å². The molecule has 0 aromatic heterocycles. The van der Waals surface area contributed by atoms with E-state index in [1.54, 1.807) is 0 Å². The molecule has 2 N–H and O–H groups in total. The Balaban J connectivity index is 1.75. The average Bonchev–Trinajstić information content (AvgIpc) is 2.66. The molecular weight excluding hydrogens is 206 g/mol. The zero-order valence-corrected chi connectivity index (χ0v) is 10.2. The van der Waals surface area contributed by atoms with Crippen molar-refractivity contribution in [1.82, 2.24) is 15.1 Å². The fraction of sp³-hybridized carbons (Fsp3) is 1.00. The number of nitrogens with one attached hydrogen (secondary N) is 1. The SMILES string of the molecule is CN1CCN(C)C(CNC2COCC2O)C1. The second-order valence-electron chi connectivity index (χ2n) is 5.02. The number of rotatable bonds is 3. The number of piperazine rings is 1. The Kier molecular flexibility index (Phi) is 4.16. The number of ether oxygens (including phenoxy) is 1. The van der Waals surface area contributed by atoms with Gasteiger partial charge in [-0.15, -0.1) is 0 Å². The van der Waals surface area contributed by atoms with Crippen LogP contribution in [0, 0.1) is 0 Å². The van der Waals surface area contributed by atoms with Crippen molar-refractivity contribution in [3.8, 4) is 0 Å². The first-order valence-corrected chi connectivity index (χ1v) is 6.05. The van der Waals surface area contributed by atoms with Crippen molar-refractivity contribution in [3.63, 3.8) is 0 Å². The molecule has 2 aliphatic heterocycles. The van der Waals surface area contributed by atoms with Crippen LogP contribution in [0.25, 0.3) is 0 Å². The van der Waals surface area contributed by atoms with Gasteiger partial charge >= 0.3 is 0 Å². The minimum atomic E-state index is -0.341. The summed E-state index contributed by atoms with van der Waals surface area (Å²) in [5.41, 5.74) is 0. The van der Waals surface area contributed by atoms with Crippen LogP contribution in [-0.4, -0.2) is 86.6 Å². The van der Waals surface area contributed by atoms with Crippen molar-refractivity contribution in [2.45, 2.75) is 18.2 Å². The maximum Gasteiger partial charge on any atom is 0.0948 e. The Morgan fingerprint density at radius 1 is 1.31 bits per heavy atom. The van der Waals surface area contributed by atoms with Gasteiger partial charge in [-0.2, -0.15) is 0 Å². The maximum absolute atomic E-state index is 9.62. The molecular formula is C11H23N3O2. The lowest BCUT2D eigenvalue weighted by molar-refractivity contribution is 0.102. The highest BCUT2D eigenvalue weighted by Crippen LogP contribution is 2.08. The number of likely N-dealkylation sites (N-methyl/N-ethyl adjacent to an activating group) is 2. The minimum Gasteiger partial charge on any atom is -0.389 e. The maximum atomic E-state index is 9.62. The topological polar surface area (TPSA) is 48.0 Å². The quantitative estimate of drug-likeness (QED) is 0.622. The standard InChI is InChI=1S/C11H23N3O2/c1-13-3-4-14(2)9(6-13)5-12-10-7-16-8-11(10)15/h9-12,15H,3-8H2,1-2H3. The first-order chi connectivity index (χ1) is 7.66. The van der Waals surface area contributed by atoms with Crippen LogP contribution >= 0.6 is 0 Å². The summed E-state index contributed by atoms with van der Waals surface area (Å²) in [7, 11) is 4.33. The van der Waals surface area contributed by atoms with Crippen molar-refractivity contribution in [1.29, 1.82) is 0 Å². The lowest BCUT2D eigenvalue weighted by Crippen LogP contribution is -2.55. The highest BCUT2D eigenvalue weighted by molar-refractivity contribution is 4.85. The Hall–Kier alpha value is -0.200. The second-order valence-corrected chi connectivity index (χ2v) is 5.02. The van der Waals surface area contributed by atoms with Gasteiger partial charge in [0.15, 0.2) is 0 Å². The van der Waals surface area contributed by atoms with Gasteiger partial charge in [-0.3, -0.25) is 4.90 Å². The van der Waals surface area contributed by atoms with Crippen LogP contribution in [0.15, 0.2) is 0 Å². The molecule has 5 heteroatoms. The largest absolute Gasteiger partial charge is 0.389 e. The molecule has 0 bridgehead atoms. The number of aliphatic hydroxyl groups is 1. The van der Waals surface area contributed by atoms with Crippen LogP contribution in [0.3, 0.4) is 0 Å². The summed E-state index contributed by atoms with van der Waals surface area (Å²) >= 11 is 0. The highest BCUT2D eigenvalue weighted by atomic mass is 16.5. The Labute approximate surface area is 97.4 Å². The molecule has 5 nitrogen and oxygen atoms in total. The van der Waals surface area contributed by atoms with Gasteiger partial charge in [0.05, 0.1) is 25.4 Å². The third-order valence-corrected chi connectivity index (χ3v) is 3.65. The fourth-order valence-electron chi connectivity index (χ4n) is 2.35. The van der Waals surface area contributed by atoms with E-state index >= 15 is 0 Å². The van der Waals surface area contributed by atoms with Gasteiger partial charge in [0, 0.05) is 32.2 Å². The zero-order chi connectivity index (χ0) is 11.5. The zero-order valence-electron chi connectivity index (χ0n) is 10.2. The molecule has 2 rings (SSSR count). The molecule has 0 radical (unpaired) electrons. The van der Waals surface area contributed by atoms with Crippen LogP contribution in [0.5, 0.6) is 0 Å². The second kappa shape index (κ2) is 5.42. The minimum absolute atomic E-state index is 0.112. The molecule has 0 spiro atoms. The monoisotopic (exact) mass is 229 g/mol. The van der Waals surface area contributed by atoms with E-state index in [4.69, 9.17) is 4.74 Å². The average molecular weight is 229 g/mol. The molecule has 0 saturated carbocycles. The molecule has 0 amide bonds. The van der Waals surface area contributed by atoms with Gasteiger partial charge in [-0.05, 0) is 14.1 Å². The van der Waals surface area contributed by atoms with Crippen molar-refractivity contribution in [3.05, 3.63) is 0 Å². The van der Waals surface area contributed by atoms with E-state index in [1.807, 2.05) is 0 Å². The summed E-state index contributed by atoms with van der Waals surface area (Å²) in [6, 6.07) is 0.646. The van der Waals surface area contributed by atoms with E-state index in [9.17, 15) is 5.11 Å². The molecule has 2 heterocycles. The first kappa shape index (κ1) is 12.3. The van der Waals surface area contributed by atoms with Gasteiger partial charge in [0.25, 0.3) is 0 Å². The number of hydrogen-bond acceptors (Lipinski definition) is 5. The molecule has 2 saturated heterocycles. The predicted molar refractivity (Wildman–Crippen MR) is 62.5 cm³/mol. The fourth-order valence-corrected chi connectivity index (χ4v) is 2.35. The van der Waals surface area contributed by atoms with E-state index in [2.05, 4.69) is 29.2 Å². The normalized spacial score (nSPS) is 38.1. The Morgan fingerprint density at radius 2 is 2.12 bits per heavy atom. The van der Waals surface area contributed by atoms with Gasteiger partial charge in [0.2, 0.25) is 0 Å². The van der Waals surface area contributed by atoms with Gasteiger partial charge in [-0.1, -0.05) is 0 Å². The summed E-state index contributed by atoms with van der Waals surface area (Å²) in [4.78, 5) is 4.74. The smallest absolute Gasteiger partial charge is 0.0948 e. The molecule has 0 aromatic rings. The number of aliphatic hydroxyl groups excluding tert-OH is 1. The highest BCUT2D eigenvalue weighted by Gasteiger charge is 2.28. The lowest BCUT2D eigenvalue weighted by atomic mass is 10.1. The lowest BCUT2D eigenvalue weighted by Gasteiger charge is -2.38. The van der Waals surface area contributed by atoms with Crippen LogP contribution in [0.1, 0.15) is 0 Å². The van der Waals surface area contributed by atoms with Crippen molar-refractivity contribution in [2.24, 2.45) is 0 Å². The summed E-state index contributed by atoms with van der Waals surface area (Å²) in [6.07, 6.45) is -0.341. The molecule has 94 valence electrons. The van der Waals surface area contributed by atoms with E-state index in [0.29, 0.717) is 19.3 Å². The van der Waals surface area contributed by atoms with Crippen molar-refractivity contribution < 1.29 is 9.84 Å². The van der Waals surface area contributed by atoms with E-state index in [0.717, 1.165) is 26.2 Å². The van der Waals surface area contributed by atoms with Crippen LogP contribution in [0.4, 0.5) is 0 Å². The van der Waals surface area contributed by atoms with Gasteiger partial charge in [0.1, 0.15) is 0 Å². The summed E-state index contributed by atoms with van der Waals surface area (Å²) in [5.74, 6) is 0. The van der Waals surface area contributed by atoms with Gasteiger partial charge in [-0.25, -0.2) is 0 Å². The summed E-state index contributed by atoms with van der Waals surface area (Å²) in [6.45, 7) is 5.37. The van der Waals surface area contributed by atoms with E-state index < -0.39 is 0 Å². The van der Waals surface area contributed by atoms with Crippen LogP contribution in [0.2, 0.25) is 0 Å². The third kappa shape index (κ3) is 2.93. The van der Waals surface area contributed by atoms with Crippen LogP contribution in [-0.2, 0) is 4.74 Å². The van der Waals surface area contributed by atoms with Crippen LogP contribution < -0.4 is 5.32 Å². The molecule has 3 atom stereocenters. The number of nitrogens with zero attached hydrogens (tertiary/aromatic N) is 2.